The number of anilines is 1. The predicted octanol–water partition coefficient (Wildman–Crippen LogP) is 1.50. The van der Waals surface area contributed by atoms with Gasteiger partial charge in [0.25, 0.3) is 0 Å². The van der Waals surface area contributed by atoms with Crippen LogP contribution in [-0.4, -0.2) is 61.2 Å². The van der Waals surface area contributed by atoms with E-state index >= 15 is 0 Å². The summed E-state index contributed by atoms with van der Waals surface area (Å²) >= 11 is 0. The van der Waals surface area contributed by atoms with E-state index in [2.05, 4.69) is 20.5 Å². The fourth-order valence-electron chi connectivity index (χ4n) is 3.61. The van der Waals surface area contributed by atoms with E-state index in [0.29, 0.717) is 19.1 Å². The van der Waals surface area contributed by atoms with Gasteiger partial charge in [-0.1, -0.05) is 0 Å². The van der Waals surface area contributed by atoms with Crippen molar-refractivity contribution in [3.8, 4) is 0 Å². The van der Waals surface area contributed by atoms with Crippen LogP contribution in [0.15, 0.2) is 24.5 Å². The monoisotopic (exact) mass is 332 g/mol. The Morgan fingerprint density at radius 3 is 2.96 bits per heavy atom. The summed E-state index contributed by atoms with van der Waals surface area (Å²) in [5.74, 6) is 0.319. The van der Waals surface area contributed by atoms with Crippen LogP contribution in [-0.2, 0) is 9.53 Å². The number of aromatic nitrogens is 1. The van der Waals surface area contributed by atoms with Gasteiger partial charge in [-0.3, -0.25) is 14.7 Å². The number of rotatable bonds is 6. The number of nitrogens with zero attached hydrogens (tertiary/aromatic N) is 2. The Bertz CT molecular complexity index is 505. The number of nitrogens with one attached hydrogen (secondary N) is 2. The summed E-state index contributed by atoms with van der Waals surface area (Å²) in [6, 6.07) is 4.47. The molecule has 6 nitrogen and oxygen atoms in total. The fourth-order valence-corrected chi connectivity index (χ4v) is 3.61. The van der Waals surface area contributed by atoms with E-state index in [0.717, 1.165) is 57.7 Å². The Labute approximate surface area is 144 Å². The van der Waals surface area contributed by atoms with Gasteiger partial charge in [-0.2, -0.15) is 0 Å². The molecule has 0 bridgehead atoms. The van der Waals surface area contributed by atoms with Crippen LogP contribution >= 0.6 is 0 Å². The molecule has 2 aliphatic rings. The van der Waals surface area contributed by atoms with Crippen molar-refractivity contribution in [2.75, 3.05) is 44.7 Å². The molecule has 2 saturated heterocycles. The maximum atomic E-state index is 12.4. The average molecular weight is 332 g/mol. The number of carbonyl (C=O) groups is 1. The Hall–Kier alpha value is -1.66. The number of carbonyl (C=O) groups excluding carboxylic acids is 1. The summed E-state index contributed by atoms with van der Waals surface area (Å²) in [5.41, 5.74) is 0.982. The van der Waals surface area contributed by atoms with Crippen LogP contribution in [0.4, 0.5) is 5.69 Å². The van der Waals surface area contributed by atoms with Gasteiger partial charge in [0.1, 0.15) is 0 Å². The van der Waals surface area contributed by atoms with Crippen molar-refractivity contribution in [3.05, 3.63) is 24.5 Å². The molecule has 0 aliphatic carbocycles. The smallest absolute Gasteiger partial charge is 0.224 e. The summed E-state index contributed by atoms with van der Waals surface area (Å²) < 4.78 is 5.45. The Kier molecular flexibility index (Phi) is 6.43. The van der Waals surface area contributed by atoms with Crippen molar-refractivity contribution < 1.29 is 9.53 Å². The SMILES string of the molecule is O=C(NCCNc1cccnc1)[C@H]1CCCN(C2CCOCC2)C1. The molecule has 2 N–H and O–H groups in total. The summed E-state index contributed by atoms with van der Waals surface area (Å²) in [6.45, 7) is 5.09. The Morgan fingerprint density at radius 2 is 2.17 bits per heavy atom. The van der Waals surface area contributed by atoms with Crippen molar-refractivity contribution in [3.63, 3.8) is 0 Å². The number of hydrogen-bond acceptors (Lipinski definition) is 5. The summed E-state index contributed by atoms with van der Waals surface area (Å²) in [6.07, 6.45) is 7.85. The lowest BCUT2D eigenvalue weighted by molar-refractivity contribution is -0.127. The molecular weight excluding hydrogens is 304 g/mol. The minimum Gasteiger partial charge on any atom is -0.382 e. The molecular formula is C18H28N4O2. The first kappa shape index (κ1) is 17.2. The maximum Gasteiger partial charge on any atom is 0.224 e. The number of amides is 1. The van der Waals surface area contributed by atoms with Crippen LogP contribution in [0.2, 0.25) is 0 Å². The molecule has 0 aromatic carbocycles. The largest absolute Gasteiger partial charge is 0.382 e. The molecule has 0 radical (unpaired) electrons. The van der Waals surface area contributed by atoms with Gasteiger partial charge in [-0.25, -0.2) is 0 Å². The van der Waals surface area contributed by atoms with Gasteiger partial charge in [-0.05, 0) is 44.4 Å². The molecule has 0 spiro atoms. The third-order valence-electron chi connectivity index (χ3n) is 4.95. The van der Waals surface area contributed by atoms with Gasteiger partial charge in [0, 0.05) is 51.3 Å². The summed E-state index contributed by atoms with van der Waals surface area (Å²) in [7, 11) is 0. The molecule has 1 atom stereocenters. The van der Waals surface area contributed by atoms with Gasteiger partial charge >= 0.3 is 0 Å². The van der Waals surface area contributed by atoms with Gasteiger partial charge in [0.2, 0.25) is 5.91 Å². The van der Waals surface area contributed by atoms with E-state index in [1.54, 1.807) is 12.4 Å². The number of hydrogen-bond donors (Lipinski definition) is 2. The van der Waals surface area contributed by atoms with Gasteiger partial charge < -0.3 is 15.4 Å². The highest BCUT2D eigenvalue weighted by Gasteiger charge is 2.30. The normalized spacial score (nSPS) is 22.9. The molecule has 2 aliphatic heterocycles. The average Bonchev–Trinajstić information content (AvgIpc) is 2.67. The standard InChI is InChI=1S/C18H28N4O2/c23-18(21-9-8-20-16-4-1-7-19-13-16)15-3-2-10-22(14-15)17-5-11-24-12-6-17/h1,4,7,13,15,17,20H,2-3,5-6,8-12,14H2,(H,21,23)/t15-/m0/s1. The molecule has 2 fully saturated rings. The van der Waals surface area contributed by atoms with E-state index in [4.69, 9.17) is 4.74 Å². The van der Waals surface area contributed by atoms with E-state index in [1.807, 2.05) is 12.1 Å². The minimum atomic E-state index is 0.125. The first-order chi connectivity index (χ1) is 11.8. The Balaban J connectivity index is 1.38. The van der Waals surface area contributed by atoms with Crippen LogP contribution in [0.25, 0.3) is 0 Å². The maximum absolute atomic E-state index is 12.4. The predicted molar refractivity (Wildman–Crippen MR) is 93.9 cm³/mol. The topological polar surface area (TPSA) is 66.5 Å². The summed E-state index contributed by atoms with van der Waals surface area (Å²) in [5, 5.41) is 6.33. The van der Waals surface area contributed by atoms with Crippen molar-refractivity contribution in [2.45, 2.75) is 31.7 Å². The van der Waals surface area contributed by atoms with Crippen LogP contribution in [0.1, 0.15) is 25.7 Å². The highest BCUT2D eigenvalue weighted by molar-refractivity contribution is 5.79. The molecule has 3 heterocycles. The van der Waals surface area contributed by atoms with Crippen LogP contribution in [0.3, 0.4) is 0 Å². The van der Waals surface area contributed by atoms with Crippen molar-refractivity contribution in [2.24, 2.45) is 5.92 Å². The number of pyridine rings is 1. The minimum absolute atomic E-state index is 0.125. The highest BCUT2D eigenvalue weighted by Crippen LogP contribution is 2.23. The number of piperidine rings is 1. The van der Waals surface area contributed by atoms with E-state index in [1.165, 1.54) is 0 Å². The van der Waals surface area contributed by atoms with Crippen LogP contribution in [0, 0.1) is 5.92 Å². The third-order valence-corrected chi connectivity index (χ3v) is 4.95. The lowest BCUT2D eigenvalue weighted by Crippen LogP contribution is -2.49. The van der Waals surface area contributed by atoms with Crippen LogP contribution < -0.4 is 10.6 Å². The zero-order valence-corrected chi connectivity index (χ0v) is 14.2. The lowest BCUT2D eigenvalue weighted by atomic mass is 9.94. The molecule has 1 aromatic rings. The van der Waals surface area contributed by atoms with E-state index in [-0.39, 0.29) is 11.8 Å². The quantitative estimate of drug-likeness (QED) is 0.773. The first-order valence-corrected chi connectivity index (χ1v) is 9.06. The third kappa shape index (κ3) is 4.92. The number of likely N-dealkylation sites (tertiary alicyclic amines) is 1. The molecule has 3 rings (SSSR count). The second-order valence-electron chi connectivity index (χ2n) is 6.64. The Morgan fingerprint density at radius 1 is 1.29 bits per heavy atom. The van der Waals surface area contributed by atoms with Crippen LogP contribution in [0.5, 0.6) is 0 Å². The lowest BCUT2D eigenvalue weighted by Gasteiger charge is -2.39. The molecule has 6 heteroatoms. The van der Waals surface area contributed by atoms with Gasteiger partial charge in [-0.15, -0.1) is 0 Å². The molecule has 0 saturated carbocycles. The fraction of sp³-hybridized carbons (Fsp3) is 0.667. The van der Waals surface area contributed by atoms with E-state index in [9.17, 15) is 4.79 Å². The second-order valence-corrected chi connectivity index (χ2v) is 6.64. The van der Waals surface area contributed by atoms with Gasteiger partial charge in [0.05, 0.1) is 11.6 Å². The summed E-state index contributed by atoms with van der Waals surface area (Å²) in [4.78, 5) is 19.0. The zero-order chi connectivity index (χ0) is 16.6. The second kappa shape index (κ2) is 8.99. The molecule has 1 aromatic heterocycles. The van der Waals surface area contributed by atoms with Crippen molar-refractivity contribution in [1.82, 2.24) is 15.2 Å². The first-order valence-electron chi connectivity index (χ1n) is 9.06. The van der Waals surface area contributed by atoms with E-state index < -0.39 is 0 Å². The van der Waals surface area contributed by atoms with Crippen molar-refractivity contribution >= 4 is 11.6 Å². The molecule has 132 valence electrons. The molecule has 24 heavy (non-hydrogen) atoms. The van der Waals surface area contributed by atoms with Crippen molar-refractivity contribution in [1.29, 1.82) is 0 Å². The zero-order valence-electron chi connectivity index (χ0n) is 14.2. The molecule has 1 amide bonds. The van der Waals surface area contributed by atoms with Gasteiger partial charge in [0.15, 0.2) is 0 Å². The highest BCUT2D eigenvalue weighted by atomic mass is 16.5. The molecule has 0 unspecified atom stereocenters. The number of ether oxygens (including phenoxy) is 1.